The Labute approximate surface area is 153 Å². The molecule has 0 spiro atoms. The number of hydrogen-bond donors (Lipinski definition) is 1. The Kier molecular flexibility index (Phi) is 4.43. The zero-order chi connectivity index (χ0) is 17.3. The second kappa shape index (κ2) is 6.72. The van der Waals surface area contributed by atoms with E-state index in [1.54, 1.807) is 22.2 Å². The summed E-state index contributed by atoms with van der Waals surface area (Å²) in [5, 5.41) is 6.96. The fourth-order valence-corrected chi connectivity index (χ4v) is 5.39. The summed E-state index contributed by atoms with van der Waals surface area (Å²) in [6, 6.07) is 5.92. The van der Waals surface area contributed by atoms with Crippen molar-refractivity contribution in [3.8, 4) is 0 Å². The summed E-state index contributed by atoms with van der Waals surface area (Å²) in [7, 11) is 0. The van der Waals surface area contributed by atoms with Gasteiger partial charge >= 0.3 is 0 Å². The van der Waals surface area contributed by atoms with Gasteiger partial charge < -0.3 is 5.32 Å². The Morgan fingerprint density at radius 2 is 2.08 bits per heavy atom. The Balaban J connectivity index is 1.46. The van der Waals surface area contributed by atoms with Gasteiger partial charge in [-0.25, -0.2) is 4.98 Å². The standard InChI is InChI=1S/C18H19N3O2S2/c22-16-15-13(5-11-25-15)20-12-21(16)9-8-19-17(23)18(6-1-2-7-18)14-4-3-10-24-14/h3-5,10-12H,1-2,6-9H2,(H,19,23). The lowest BCUT2D eigenvalue weighted by molar-refractivity contribution is -0.126. The fourth-order valence-electron chi connectivity index (χ4n) is 3.61. The van der Waals surface area contributed by atoms with Gasteiger partial charge in [0.25, 0.3) is 5.56 Å². The van der Waals surface area contributed by atoms with Crippen LogP contribution in [-0.2, 0) is 16.8 Å². The highest BCUT2D eigenvalue weighted by atomic mass is 32.1. The summed E-state index contributed by atoms with van der Waals surface area (Å²) >= 11 is 3.06. The molecule has 3 aromatic rings. The van der Waals surface area contributed by atoms with Crippen LogP contribution in [0.4, 0.5) is 0 Å². The molecular formula is C18H19N3O2S2. The first-order valence-electron chi connectivity index (χ1n) is 8.46. The minimum atomic E-state index is -0.380. The van der Waals surface area contributed by atoms with Crippen molar-refractivity contribution in [3.63, 3.8) is 0 Å². The molecule has 3 heterocycles. The van der Waals surface area contributed by atoms with Crippen LogP contribution in [-0.4, -0.2) is 22.0 Å². The SMILES string of the molecule is O=C(NCCn1cnc2ccsc2c1=O)C1(c2cccs2)CCCC1. The summed E-state index contributed by atoms with van der Waals surface area (Å²) in [5.41, 5.74) is 0.315. The van der Waals surface area contributed by atoms with Crippen LogP contribution in [0, 0.1) is 0 Å². The predicted octanol–water partition coefficient (Wildman–Crippen LogP) is 3.15. The van der Waals surface area contributed by atoms with Crippen LogP contribution in [0.25, 0.3) is 10.2 Å². The molecule has 0 unspecified atom stereocenters. The van der Waals surface area contributed by atoms with Gasteiger partial charge in [-0.1, -0.05) is 18.9 Å². The lowest BCUT2D eigenvalue weighted by Gasteiger charge is -2.26. The summed E-state index contributed by atoms with van der Waals surface area (Å²) in [4.78, 5) is 30.7. The molecule has 1 aliphatic carbocycles. The molecule has 3 aromatic heterocycles. The number of thiophene rings is 2. The second-order valence-corrected chi connectivity index (χ2v) is 8.26. The van der Waals surface area contributed by atoms with E-state index in [1.807, 2.05) is 22.9 Å². The van der Waals surface area contributed by atoms with Crippen molar-refractivity contribution < 1.29 is 4.79 Å². The van der Waals surface area contributed by atoms with Crippen molar-refractivity contribution in [2.24, 2.45) is 0 Å². The van der Waals surface area contributed by atoms with E-state index in [1.165, 1.54) is 11.3 Å². The molecule has 1 amide bonds. The number of nitrogens with zero attached hydrogens (tertiary/aromatic N) is 2. The Bertz CT molecular complexity index is 937. The van der Waals surface area contributed by atoms with Gasteiger partial charge in [0.1, 0.15) is 4.70 Å². The molecule has 0 saturated heterocycles. The number of rotatable bonds is 5. The lowest BCUT2D eigenvalue weighted by atomic mass is 9.83. The maximum Gasteiger partial charge on any atom is 0.271 e. The molecule has 1 saturated carbocycles. The molecule has 4 rings (SSSR count). The van der Waals surface area contributed by atoms with E-state index < -0.39 is 0 Å². The van der Waals surface area contributed by atoms with Gasteiger partial charge in [0.05, 0.1) is 17.3 Å². The smallest absolute Gasteiger partial charge is 0.271 e. The monoisotopic (exact) mass is 373 g/mol. The molecule has 5 nitrogen and oxygen atoms in total. The first-order valence-corrected chi connectivity index (χ1v) is 10.2. The van der Waals surface area contributed by atoms with E-state index in [4.69, 9.17) is 0 Å². The zero-order valence-corrected chi connectivity index (χ0v) is 15.4. The molecule has 1 aliphatic rings. The van der Waals surface area contributed by atoms with Gasteiger partial charge in [-0.05, 0) is 35.7 Å². The van der Waals surface area contributed by atoms with Gasteiger partial charge in [-0.3, -0.25) is 14.2 Å². The Morgan fingerprint density at radius 1 is 1.24 bits per heavy atom. The molecule has 0 radical (unpaired) electrons. The highest BCUT2D eigenvalue weighted by Crippen LogP contribution is 2.43. The number of carbonyl (C=O) groups excluding carboxylic acids is 1. The van der Waals surface area contributed by atoms with Crippen LogP contribution in [0.1, 0.15) is 30.6 Å². The van der Waals surface area contributed by atoms with Crippen LogP contribution in [0.2, 0.25) is 0 Å². The molecule has 25 heavy (non-hydrogen) atoms. The largest absolute Gasteiger partial charge is 0.354 e. The van der Waals surface area contributed by atoms with E-state index >= 15 is 0 Å². The second-order valence-electron chi connectivity index (χ2n) is 6.40. The normalized spacial score (nSPS) is 16.3. The maximum absolute atomic E-state index is 12.9. The first kappa shape index (κ1) is 16.5. The van der Waals surface area contributed by atoms with E-state index in [-0.39, 0.29) is 16.9 Å². The summed E-state index contributed by atoms with van der Waals surface area (Å²) in [5.74, 6) is 0.0886. The third-order valence-corrected chi connectivity index (χ3v) is 6.92. The van der Waals surface area contributed by atoms with Crippen LogP contribution >= 0.6 is 22.7 Å². The average Bonchev–Trinajstić information content (AvgIpc) is 3.37. The minimum Gasteiger partial charge on any atom is -0.354 e. The van der Waals surface area contributed by atoms with E-state index in [0.717, 1.165) is 36.1 Å². The van der Waals surface area contributed by atoms with Gasteiger partial charge in [0, 0.05) is 18.0 Å². The van der Waals surface area contributed by atoms with Crippen LogP contribution in [0.15, 0.2) is 40.1 Å². The molecule has 0 atom stereocenters. The number of carbonyl (C=O) groups is 1. The van der Waals surface area contributed by atoms with Crippen molar-refractivity contribution in [2.75, 3.05) is 6.54 Å². The first-order chi connectivity index (χ1) is 12.2. The Morgan fingerprint density at radius 3 is 2.84 bits per heavy atom. The minimum absolute atomic E-state index is 0.0388. The number of amides is 1. The van der Waals surface area contributed by atoms with Gasteiger partial charge in [0.15, 0.2) is 0 Å². The third-order valence-electron chi connectivity index (χ3n) is 4.96. The van der Waals surface area contributed by atoms with Crippen molar-refractivity contribution in [3.05, 3.63) is 50.5 Å². The molecule has 0 aromatic carbocycles. The molecular weight excluding hydrogens is 354 g/mol. The highest BCUT2D eigenvalue weighted by Gasteiger charge is 2.43. The van der Waals surface area contributed by atoms with Crippen molar-refractivity contribution >= 4 is 38.8 Å². The topological polar surface area (TPSA) is 64.0 Å². The lowest BCUT2D eigenvalue weighted by Crippen LogP contribution is -2.43. The number of hydrogen-bond acceptors (Lipinski definition) is 5. The van der Waals surface area contributed by atoms with Crippen LogP contribution < -0.4 is 10.9 Å². The molecule has 1 fully saturated rings. The van der Waals surface area contributed by atoms with E-state index in [2.05, 4.69) is 16.4 Å². The van der Waals surface area contributed by atoms with Gasteiger partial charge in [0.2, 0.25) is 5.91 Å². The zero-order valence-electron chi connectivity index (χ0n) is 13.7. The summed E-state index contributed by atoms with van der Waals surface area (Å²) in [6.45, 7) is 0.871. The third kappa shape index (κ3) is 2.91. The molecule has 0 aliphatic heterocycles. The quantitative estimate of drug-likeness (QED) is 0.747. The number of aromatic nitrogens is 2. The molecule has 7 heteroatoms. The maximum atomic E-state index is 12.9. The number of fused-ring (bicyclic) bond motifs is 1. The highest BCUT2D eigenvalue weighted by molar-refractivity contribution is 7.17. The van der Waals surface area contributed by atoms with Crippen LogP contribution in [0.5, 0.6) is 0 Å². The fraction of sp³-hybridized carbons (Fsp3) is 0.389. The van der Waals surface area contributed by atoms with E-state index in [0.29, 0.717) is 17.8 Å². The van der Waals surface area contributed by atoms with Crippen molar-refractivity contribution in [2.45, 2.75) is 37.6 Å². The van der Waals surface area contributed by atoms with Crippen molar-refractivity contribution in [1.29, 1.82) is 0 Å². The van der Waals surface area contributed by atoms with Gasteiger partial charge in [-0.15, -0.1) is 22.7 Å². The van der Waals surface area contributed by atoms with Gasteiger partial charge in [-0.2, -0.15) is 0 Å². The summed E-state index contributed by atoms with van der Waals surface area (Å²) < 4.78 is 2.24. The Hall–Kier alpha value is -1.99. The molecule has 130 valence electrons. The summed E-state index contributed by atoms with van der Waals surface area (Å²) in [6.07, 6.45) is 5.55. The average molecular weight is 374 g/mol. The van der Waals surface area contributed by atoms with E-state index in [9.17, 15) is 9.59 Å². The molecule has 1 N–H and O–H groups in total. The molecule has 0 bridgehead atoms. The van der Waals surface area contributed by atoms with Crippen molar-refractivity contribution in [1.82, 2.24) is 14.9 Å². The van der Waals surface area contributed by atoms with Crippen LogP contribution in [0.3, 0.4) is 0 Å². The predicted molar refractivity (Wildman–Crippen MR) is 101 cm³/mol. The number of nitrogens with one attached hydrogen (secondary N) is 1.